The molecule has 0 saturated carbocycles. The van der Waals surface area contributed by atoms with Crippen LogP contribution >= 0.6 is 0 Å². The van der Waals surface area contributed by atoms with Gasteiger partial charge in [0.15, 0.2) is 0 Å². The van der Waals surface area contributed by atoms with Crippen LogP contribution < -0.4 is 19.0 Å². The normalized spacial score (nSPS) is 11.2. The Labute approximate surface area is 206 Å². The summed E-state index contributed by atoms with van der Waals surface area (Å²) in [5.74, 6) is -0.261. The number of benzene rings is 3. The quantitative estimate of drug-likeness (QED) is 0.148. The second kappa shape index (κ2) is 11.0. The SMILES string of the molecule is COc1ccc(S(=O)(=O)Oc2cccc(/C=C(\C#N)C(=O)Nc3cc([N+](=O)[O-])ccc3OC)c2)cc1. The van der Waals surface area contributed by atoms with E-state index in [2.05, 4.69) is 5.32 Å². The summed E-state index contributed by atoms with van der Waals surface area (Å²) in [7, 11) is -1.38. The van der Waals surface area contributed by atoms with E-state index in [1.807, 2.05) is 0 Å². The number of amides is 1. The standard InChI is InChI=1S/C24H19N3O8S/c1-33-19-7-9-21(10-8-19)36(31,32)35-20-5-3-4-16(13-20)12-17(15-25)24(28)26-22-14-18(27(29)30)6-11-23(22)34-2/h3-14H,1-2H3,(H,26,28)/b17-12+. The third kappa shape index (κ3) is 6.16. The molecule has 0 aliphatic rings. The van der Waals surface area contributed by atoms with Gasteiger partial charge >= 0.3 is 10.1 Å². The summed E-state index contributed by atoms with van der Waals surface area (Å²) in [4.78, 5) is 23.0. The van der Waals surface area contributed by atoms with E-state index in [1.165, 1.54) is 81.0 Å². The van der Waals surface area contributed by atoms with Gasteiger partial charge in [-0.15, -0.1) is 0 Å². The average molecular weight is 509 g/mol. The number of anilines is 1. The van der Waals surface area contributed by atoms with Crippen molar-refractivity contribution < 1.29 is 31.8 Å². The van der Waals surface area contributed by atoms with Crippen molar-refractivity contribution in [3.05, 3.63) is 88.0 Å². The van der Waals surface area contributed by atoms with Crippen LogP contribution in [0.25, 0.3) is 6.08 Å². The van der Waals surface area contributed by atoms with Gasteiger partial charge in [-0.05, 0) is 54.1 Å². The van der Waals surface area contributed by atoms with E-state index >= 15 is 0 Å². The van der Waals surface area contributed by atoms with Crippen molar-refractivity contribution in [1.82, 2.24) is 0 Å². The first-order valence-corrected chi connectivity index (χ1v) is 11.5. The van der Waals surface area contributed by atoms with Crippen LogP contribution in [0, 0.1) is 21.4 Å². The van der Waals surface area contributed by atoms with Crippen LogP contribution in [0.15, 0.2) is 77.2 Å². The molecule has 0 heterocycles. The Bertz CT molecular complexity index is 1480. The van der Waals surface area contributed by atoms with Crippen LogP contribution in [0.3, 0.4) is 0 Å². The maximum Gasteiger partial charge on any atom is 0.339 e. The Kier molecular flexibility index (Phi) is 7.88. The van der Waals surface area contributed by atoms with Crippen molar-refractivity contribution in [2.24, 2.45) is 0 Å². The van der Waals surface area contributed by atoms with Gasteiger partial charge in [0.05, 0.1) is 24.8 Å². The van der Waals surface area contributed by atoms with Gasteiger partial charge in [0.25, 0.3) is 11.6 Å². The van der Waals surface area contributed by atoms with Gasteiger partial charge in [-0.25, -0.2) is 0 Å². The Morgan fingerprint density at radius 3 is 2.36 bits per heavy atom. The maximum absolute atomic E-state index is 12.7. The molecule has 3 rings (SSSR count). The molecule has 0 aromatic heterocycles. The maximum atomic E-state index is 12.7. The van der Waals surface area contributed by atoms with Crippen molar-refractivity contribution >= 4 is 33.5 Å². The minimum absolute atomic E-state index is 0.000481. The first-order valence-electron chi connectivity index (χ1n) is 10.1. The summed E-state index contributed by atoms with van der Waals surface area (Å²) < 4.78 is 40.5. The summed E-state index contributed by atoms with van der Waals surface area (Å²) in [5.41, 5.74) is -0.328. The van der Waals surface area contributed by atoms with Gasteiger partial charge in [0.2, 0.25) is 0 Å². The predicted molar refractivity (Wildman–Crippen MR) is 129 cm³/mol. The van der Waals surface area contributed by atoms with E-state index in [-0.39, 0.29) is 33.3 Å². The molecule has 0 spiro atoms. The van der Waals surface area contributed by atoms with Crippen LogP contribution in [0.2, 0.25) is 0 Å². The lowest BCUT2D eigenvalue weighted by atomic mass is 10.1. The molecule has 0 fully saturated rings. The topological polar surface area (TPSA) is 158 Å². The molecule has 0 saturated heterocycles. The Morgan fingerprint density at radius 2 is 1.75 bits per heavy atom. The molecule has 3 aromatic carbocycles. The third-order valence-corrected chi connectivity index (χ3v) is 5.99. The smallest absolute Gasteiger partial charge is 0.339 e. The molecule has 0 radical (unpaired) electrons. The molecule has 1 N–H and O–H groups in total. The highest BCUT2D eigenvalue weighted by Gasteiger charge is 2.18. The highest BCUT2D eigenvalue weighted by atomic mass is 32.2. The van der Waals surface area contributed by atoms with Gasteiger partial charge < -0.3 is 19.0 Å². The van der Waals surface area contributed by atoms with Crippen LogP contribution in [-0.4, -0.2) is 33.5 Å². The van der Waals surface area contributed by atoms with E-state index in [1.54, 1.807) is 6.07 Å². The Hall–Kier alpha value is -4.89. The third-order valence-electron chi connectivity index (χ3n) is 4.73. The molecular weight excluding hydrogens is 490 g/mol. The number of carbonyl (C=O) groups excluding carboxylic acids is 1. The number of hydrogen-bond acceptors (Lipinski definition) is 9. The van der Waals surface area contributed by atoms with Crippen molar-refractivity contribution in [1.29, 1.82) is 5.26 Å². The summed E-state index contributed by atoms with van der Waals surface area (Å²) >= 11 is 0. The molecule has 0 bridgehead atoms. The van der Waals surface area contributed by atoms with E-state index in [0.717, 1.165) is 6.07 Å². The van der Waals surface area contributed by atoms with Crippen molar-refractivity contribution in [3.63, 3.8) is 0 Å². The predicted octanol–water partition coefficient (Wildman–Crippen LogP) is 3.93. The van der Waals surface area contributed by atoms with Gasteiger partial charge in [0, 0.05) is 12.1 Å². The Morgan fingerprint density at radius 1 is 1.03 bits per heavy atom. The summed E-state index contributed by atoms with van der Waals surface area (Å²) in [5, 5.41) is 23.0. The molecular formula is C24H19N3O8S. The molecule has 0 atom stereocenters. The number of nitro groups is 1. The number of methoxy groups -OCH3 is 2. The zero-order valence-electron chi connectivity index (χ0n) is 19.0. The first-order chi connectivity index (χ1) is 17.2. The zero-order valence-corrected chi connectivity index (χ0v) is 19.8. The minimum atomic E-state index is -4.15. The van der Waals surface area contributed by atoms with Crippen LogP contribution in [-0.2, 0) is 14.9 Å². The van der Waals surface area contributed by atoms with E-state index in [0.29, 0.717) is 11.3 Å². The molecule has 11 nitrogen and oxygen atoms in total. The highest BCUT2D eigenvalue weighted by Crippen LogP contribution is 2.29. The monoisotopic (exact) mass is 509 g/mol. The fraction of sp³-hybridized carbons (Fsp3) is 0.0833. The van der Waals surface area contributed by atoms with Gasteiger partial charge in [0.1, 0.15) is 33.8 Å². The molecule has 3 aromatic rings. The number of nitriles is 1. The number of nitrogens with one attached hydrogen (secondary N) is 1. The van der Waals surface area contributed by atoms with Crippen molar-refractivity contribution in [3.8, 4) is 23.3 Å². The summed E-state index contributed by atoms with van der Waals surface area (Å²) in [6.07, 6.45) is 1.21. The van der Waals surface area contributed by atoms with Crippen LogP contribution in [0.1, 0.15) is 5.56 Å². The molecule has 36 heavy (non-hydrogen) atoms. The number of non-ortho nitro benzene ring substituents is 1. The highest BCUT2D eigenvalue weighted by molar-refractivity contribution is 7.87. The minimum Gasteiger partial charge on any atom is -0.497 e. The molecule has 0 aliphatic carbocycles. The molecule has 0 aliphatic heterocycles. The second-order valence-electron chi connectivity index (χ2n) is 7.05. The molecule has 184 valence electrons. The van der Waals surface area contributed by atoms with Gasteiger partial charge in [-0.3, -0.25) is 14.9 Å². The average Bonchev–Trinajstić information content (AvgIpc) is 2.87. The summed E-state index contributed by atoms with van der Waals surface area (Å²) in [6.45, 7) is 0. The van der Waals surface area contributed by atoms with E-state index in [4.69, 9.17) is 13.7 Å². The second-order valence-corrected chi connectivity index (χ2v) is 8.60. The largest absolute Gasteiger partial charge is 0.497 e. The lowest BCUT2D eigenvalue weighted by Gasteiger charge is -2.10. The number of nitrogens with zero attached hydrogens (tertiary/aromatic N) is 2. The number of ether oxygens (including phenoxy) is 2. The van der Waals surface area contributed by atoms with E-state index < -0.39 is 20.9 Å². The van der Waals surface area contributed by atoms with Gasteiger partial charge in [-0.2, -0.15) is 13.7 Å². The van der Waals surface area contributed by atoms with Crippen molar-refractivity contribution in [2.75, 3.05) is 19.5 Å². The molecule has 0 unspecified atom stereocenters. The Balaban J connectivity index is 1.83. The first kappa shape index (κ1) is 25.7. The number of rotatable bonds is 9. The lowest BCUT2D eigenvalue weighted by Crippen LogP contribution is -2.14. The van der Waals surface area contributed by atoms with E-state index in [9.17, 15) is 28.6 Å². The van der Waals surface area contributed by atoms with Crippen molar-refractivity contribution in [2.45, 2.75) is 4.90 Å². The zero-order chi connectivity index (χ0) is 26.3. The number of hydrogen-bond donors (Lipinski definition) is 1. The van der Waals surface area contributed by atoms with Gasteiger partial charge in [-0.1, -0.05) is 12.1 Å². The summed E-state index contributed by atoms with van der Waals surface area (Å²) in [6, 6.07) is 16.7. The number of carbonyl (C=O) groups is 1. The van der Waals surface area contributed by atoms with Crippen LogP contribution in [0.4, 0.5) is 11.4 Å². The molecule has 12 heteroatoms. The fourth-order valence-electron chi connectivity index (χ4n) is 2.99. The fourth-order valence-corrected chi connectivity index (χ4v) is 3.91. The van der Waals surface area contributed by atoms with Crippen LogP contribution in [0.5, 0.6) is 17.2 Å². The number of nitro benzene ring substituents is 1. The lowest BCUT2D eigenvalue weighted by molar-refractivity contribution is -0.384. The molecule has 1 amide bonds.